The Labute approximate surface area is 87.7 Å². The average Bonchev–Trinajstić information content (AvgIpc) is 2.22. The van der Waals surface area contributed by atoms with Crippen molar-refractivity contribution in [3.05, 3.63) is 30.1 Å². The predicted molar refractivity (Wildman–Crippen MR) is 56.0 cm³/mol. The number of anilines is 1. The van der Waals surface area contributed by atoms with Gasteiger partial charge in [0.05, 0.1) is 6.04 Å². The molecular formula is C11H13FN2O. The van der Waals surface area contributed by atoms with Crippen molar-refractivity contribution in [2.24, 2.45) is 5.73 Å². The summed E-state index contributed by atoms with van der Waals surface area (Å²) in [6.07, 6.45) is 1.58. The summed E-state index contributed by atoms with van der Waals surface area (Å²) in [4.78, 5) is 13.3. The Hall–Kier alpha value is -1.42. The van der Waals surface area contributed by atoms with Gasteiger partial charge in [0.15, 0.2) is 0 Å². The van der Waals surface area contributed by atoms with Gasteiger partial charge in [-0.2, -0.15) is 0 Å². The molecule has 1 heterocycles. The molecule has 1 amide bonds. The fraction of sp³-hybridized carbons (Fsp3) is 0.364. The first-order valence-electron chi connectivity index (χ1n) is 5.01. The van der Waals surface area contributed by atoms with Crippen LogP contribution in [0.15, 0.2) is 24.3 Å². The normalized spacial score (nSPS) is 21.9. The molecule has 0 aliphatic carbocycles. The second-order valence-corrected chi connectivity index (χ2v) is 3.72. The minimum Gasteiger partial charge on any atom is -0.320 e. The lowest BCUT2D eigenvalue weighted by Crippen LogP contribution is -2.48. The summed E-state index contributed by atoms with van der Waals surface area (Å²) < 4.78 is 13.0. The number of amides is 1. The predicted octanol–water partition coefficient (Wildman–Crippen LogP) is 1.28. The van der Waals surface area contributed by atoms with E-state index in [0.717, 1.165) is 6.42 Å². The molecule has 1 aliphatic rings. The molecular weight excluding hydrogens is 195 g/mol. The van der Waals surface area contributed by atoms with Crippen molar-refractivity contribution in [1.29, 1.82) is 0 Å². The van der Waals surface area contributed by atoms with Gasteiger partial charge in [-0.05, 0) is 31.0 Å². The maximum Gasteiger partial charge on any atom is 0.243 e. The number of hydrogen-bond donors (Lipinski definition) is 1. The number of hydrogen-bond acceptors (Lipinski definition) is 2. The summed E-state index contributed by atoms with van der Waals surface area (Å²) >= 11 is 0. The SMILES string of the molecule is N[C@H]1CCCN(c2cccc(F)c2)C1=O. The molecule has 1 fully saturated rings. The highest BCUT2D eigenvalue weighted by Crippen LogP contribution is 2.20. The molecule has 0 aromatic heterocycles. The van der Waals surface area contributed by atoms with Crippen LogP contribution in [0.4, 0.5) is 10.1 Å². The van der Waals surface area contributed by atoms with Crippen LogP contribution < -0.4 is 10.6 Å². The van der Waals surface area contributed by atoms with Crippen molar-refractivity contribution in [3.63, 3.8) is 0 Å². The van der Waals surface area contributed by atoms with Crippen LogP contribution in [0.1, 0.15) is 12.8 Å². The topological polar surface area (TPSA) is 46.3 Å². The fourth-order valence-corrected chi connectivity index (χ4v) is 1.80. The molecule has 1 aromatic carbocycles. The van der Waals surface area contributed by atoms with Crippen LogP contribution in [0.3, 0.4) is 0 Å². The van der Waals surface area contributed by atoms with Gasteiger partial charge in [-0.25, -0.2) is 4.39 Å². The number of piperidine rings is 1. The standard InChI is InChI=1S/C11H13FN2O/c12-8-3-1-4-9(7-8)14-6-2-5-10(13)11(14)15/h1,3-4,7,10H,2,5-6,13H2/t10-/m0/s1. The number of nitrogens with zero attached hydrogens (tertiary/aromatic N) is 1. The van der Waals surface area contributed by atoms with Gasteiger partial charge in [-0.15, -0.1) is 0 Å². The Morgan fingerprint density at radius 3 is 3.00 bits per heavy atom. The van der Waals surface area contributed by atoms with E-state index >= 15 is 0 Å². The second kappa shape index (κ2) is 3.98. The first-order chi connectivity index (χ1) is 7.18. The third-order valence-electron chi connectivity index (χ3n) is 2.60. The quantitative estimate of drug-likeness (QED) is 0.755. The molecule has 3 nitrogen and oxygen atoms in total. The van der Waals surface area contributed by atoms with Crippen LogP contribution in [-0.2, 0) is 4.79 Å². The number of halogens is 1. The first-order valence-corrected chi connectivity index (χ1v) is 5.01. The minimum absolute atomic E-state index is 0.119. The summed E-state index contributed by atoms with van der Waals surface area (Å²) in [6.45, 7) is 0.621. The monoisotopic (exact) mass is 208 g/mol. The van der Waals surface area contributed by atoms with Crippen LogP contribution in [0.2, 0.25) is 0 Å². The highest BCUT2D eigenvalue weighted by atomic mass is 19.1. The molecule has 2 N–H and O–H groups in total. The third-order valence-corrected chi connectivity index (χ3v) is 2.60. The van der Waals surface area contributed by atoms with Crippen molar-refractivity contribution in [1.82, 2.24) is 0 Å². The van der Waals surface area contributed by atoms with Crippen molar-refractivity contribution >= 4 is 11.6 Å². The van der Waals surface area contributed by atoms with E-state index < -0.39 is 6.04 Å². The highest BCUT2D eigenvalue weighted by molar-refractivity contribution is 5.97. The van der Waals surface area contributed by atoms with Crippen molar-refractivity contribution in [3.8, 4) is 0 Å². The van der Waals surface area contributed by atoms with Gasteiger partial charge in [0, 0.05) is 12.2 Å². The lowest BCUT2D eigenvalue weighted by Gasteiger charge is -2.30. The van der Waals surface area contributed by atoms with Gasteiger partial charge in [-0.1, -0.05) is 6.07 Å². The van der Waals surface area contributed by atoms with E-state index in [1.807, 2.05) is 0 Å². The maximum absolute atomic E-state index is 13.0. The molecule has 4 heteroatoms. The molecule has 0 radical (unpaired) electrons. The Balaban J connectivity index is 2.26. The third kappa shape index (κ3) is 1.99. The summed E-state index contributed by atoms with van der Waals surface area (Å²) in [5, 5.41) is 0. The molecule has 1 aliphatic heterocycles. The Morgan fingerprint density at radius 1 is 1.47 bits per heavy atom. The van der Waals surface area contributed by atoms with E-state index in [4.69, 9.17) is 5.73 Å². The number of benzene rings is 1. The molecule has 0 spiro atoms. The van der Waals surface area contributed by atoms with Gasteiger partial charge in [0.25, 0.3) is 0 Å². The number of carbonyl (C=O) groups is 1. The van der Waals surface area contributed by atoms with E-state index in [-0.39, 0.29) is 11.7 Å². The summed E-state index contributed by atoms with van der Waals surface area (Å²) in [7, 11) is 0. The number of nitrogens with two attached hydrogens (primary N) is 1. The lowest BCUT2D eigenvalue weighted by molar-refractivity contribution is -0.120. The van der Waals surface area contributed by atoms with E-state index in [0.29, 0.717) is 18.7 Å². The van der Waals surface area contributed by atoms with Crippen LogP contribution >= 0.6 is 0 Å². The summed E-state index contributed by atoms with van der Waals surface area (Å²) in [5.74, 6) is -0.453. The molecule has 1 atom stereocenters. The molecule has 1 aromatic rings. The maximum atomic E-state index is 13.0. The Kier molecular flexibility index (Phi) is 2.68. The molecule has 2 rings (SSSR count). The number of rotatable bonds is 1. The van der Waals surface area contributed by atoms with Crippen molar-refractivity contribution < 1.29 is 9.18 Å². The van der Waals surface area contributed by atoms with Crippen LogP contribution in [0.25, 0.3) is 0 Å². The zero-order valence-corrected chi connectivity index (χ0v) is 8.32. The molecule has 15 heavy (non-hydrogen) atoms. The van der Waals surface area contributed by atoms with Crippen molar-refractivity contribution in [2.45, 2.75) is 18.9 Å². The summed E-state index contributed by atoms with van der Waals surface area (Å²) in [6, 6.07) is 5.59. The Morgan fingerprint density at radius 2 is 2.27 bits per heavy atom. The largest absolute Gasteiger partial charge is 0.320 e. The van der Waals surface area contributed by atoms with Crippen LogP contribution in [-0.4, -0.2) is 18.5 Å². The zero-order chi connectivity index (χ0) is 10.8. The second-order valence-electron chi connectivity index (χ2n) is 3.72. The Bertz CT molecular complexity index is 381. The molecule has 80 valence electrons. The fourth-order valence-electron chi connectivity index (χ4n) is 1.80. The van der Waals surface area contributed by atoms with E-state index in [1.54, 1.807) is 17.0 Å². The molecule has 0 bridgehead atoms. The van der Waals surface area contributed by atoms with E-state index in [2.05, 4.69) is 0 Å². The minimum atomic E-state index is -0.443. The van der Waals surface area contributed by atoms with Crippen LogP contribution in [0, 0.1) is 5.82 Å². The van der Waals surface area contributed by atoms with Crippen LogP contribution in [0.5, 0.6) is 0 Å². The van der Waals surface area contributed by atoms with E-state index in [9.17, 15) is 9.18 Å². The van der Waals surface area contributed by atoms with Crippen molar-refractivity contribution in [2.75, 3.05) is 11.4 Å². The lowest BCUT2D eigenvalue weighted by atomic mass is 10.0. The summed E-state index contributed by atoms with van der Waals surface area (Å²) in [5.41, 5.74) is 6.25. The molecule has 1 saturated heterocycles. The van der Waals surface area contributed by atoms with Gasteiger partial charge >= 0.3 is 0 Å². The smallest absolute Gasteiger partial charge is 0.243 e. The average molecular weight is 208 g/mol. The van der Waals surface area contributed by atoms with Gasteiger partial charge in [0.2, 0.25) is 5.91 Å². The van der Waals surface area contributed by atoms with Gasteiger partial charge < -0.3 is 10.6 Å². The van der Waals surface area contributed by atoms with E-state index in [1.165, 1.54) is 12.1 Å². The van der Waals surface area contributed by atoms with Gasteiger partial charge in [0.1, 0.15) is 5.82 Å². The molecule has 0 saturated carbocycles. The molecule has 0 unspecified atom stereocenters. The zero-order valence-electron chi connectivity index (χ0n) is 8.32. The first kappa shape index (κ1) is 10.1. The van der Waals surface area contributed by atoms with Gasteiger partial charge in [-0.3, -0.25) is 4.79 Å². The highest BCUT2D eigenvalue weighted by Gasteiger charge is 2.26. The number of carbonyl (C=O) groups excluding carboxylic acids is 1.